The second kappa shape index (κ2) is 2.83. The standard InChI is InChI=1S/C10H16N4/c1-6-8(11)12-5-13-9(6)14-7-4-10(7,2)3/h5,7H,4H2,1-3H3,(H3,11,12,13,14). The number of hydrogen-bond acceptors (Lipinski definition) is 4. The molecule has 3 N–H and O–H groups in total. The SMILES string of the molecule is Cc1c(N)ncnc1NC1CC1(C)C. The largest absolute Gasteiger partial charge is 0.383 e. The number of rotatable bonds is 2. The highest BCUT2D eigenvalue weighted by Crippen LogP contribution is 2.46. The lowest BCUT2D eigenvalue weighted by Gasteiger charge is -2.10. The quantitative estimate of drug-likeness (QED) is 0.746. The van der Waals surface area contributed by atoms with Gasteiger partial charge in [-0.05, 0) is 18.8 Å². The maximum Gasteiger partial charge on any atom is 0.134 e. The summed E-state index contributed by atoms with van der Waals surface area (Å²) in [6.45, 7) is 6.42. The third-order valence-electron chi connectivity index (χ3n) is 2.95. The van der Waals surface area contributed by atoms with Crippen LogP contribution < -0.4 is 11.1 Å². The van der Waals surface area contributed by atoms with Crippen molar-refractivity contribution in [2.45, 2.75) is 33.2 Å². The first-order valence-electron chi connectivity index (χ1n) is 4.84. The molecule has 1 unspecified atom stereocenters. The molecule has 1 aliphatic rings. The first-order chi connectivity index (χ1) is 6.50. The van der Waals surface area contributed by atoms with Gasteiger partial charge in [0.2, 0.25) is 0 Å². The Morgan fingerprint density at radius 3 is 2.71 bits per heavy atom. The fraction of sp³-hybridized carbons (Fsp3) is 0.600. The maximum atomic E-state index is 5.69. The van der Waals surface area contributed by atoms with Crippen LogP contribution in [0.15, 0.2) is 6.33 Å². The zero-order valence-corrected chi connectivity index (χ0v) is 8.83. The maximum absolute atomic E-state index is 5.69. The third kappa shape index (κ3) is 1.52. The third-order valence-corrected chi connectivity index (χ3v) is 2.95. The molecule has 1 saturated carbocycles. The van der Waals surface area contributed by atoms with Crippen LogP contribution in [0.25, 0.3) is 0 Å². The van der Waals surface area contributed by atoms with Gasteiger partial charge in [-0.3, -0.25) is 0 Å². The number of nitrogen functional groups attached to an aromatic ring is 1. The molecule has 1 atom stereocenters. The smallest absolute Gasteiger partial charge is 0.134 e. The summed E-state index contributed by atoms with van der Waals surface area (Å²) in [5.41, 5.74) is 7.03. The van der Waals surface area contributed by atoms with Crippen molar-refractivity contribution in [1.29, 1.82) is 0 Å². The Kier molecular flexibility index (Phi) is 1.87. The Hall–Kier alpha value is -1.32. The molecule has 0 bridgehead atoms. The topological polar surface area (TPSA) is 63.8 Å². The highest BCUT2D eigenvalue weighted by molar-refractivity contribution is 5.55. The van der Waals surface area contributed by atoms with Crippen molar-refractivity contribution >= 4 is 11.6 Å². The van der Waals surface area contributed by atoms with Crippen LogP contribution in [0.2, 0.25) is 0 Å². The fourth-order valence-electron chi connectivity index (χ4n) is 1.49. The van der Waals surface area contributed by atoms with Gasteiger partial charge in [-0.15, -0.1) is 0 Å². The van der Waals surface area contributed by atoms with E-state index in [1.54, 1.807) is 0 Å². The molecule has 0 aliphatic heterocycles. The van der Waals surface area contributed by atoms with Crippen LogP contribution in [-0.2, 0) is 0 Å². The van der Waals surface area contributed by atoms with Crippen LogP contribution in [0.4, 0.5) is 11.6 Å². The second-order valence-corrected chi connectivity index (χ2v) is 4.62. The van der Waals surface area contributed by atoms with E-state index in [4.69, 9.17) is 5.73 Å². The summed E-state index contributed by atoms with van der Waals surface area (Å²) in [5, 5.41) is 3.38. The minimum absolute atomic E-state index is 0.395. The molecule has 1 heterocycles. The normalized spacial score (nSPS) is 23.2. The van der Waals surface area contributed by atoms with Crippen molar-refractivity contribution < 1.29 is 0 Å². The highest BCUT2D eigenvalue weighted by Gasteiger charge is 2.46. The molecule has 14 heavy (non-hydrogen) atoms. The zero-order chi connectivity index (χ0) is 10.3. The predicted octanol–water partition coefficient (Wildman–Crippen LogP) is 1.58. The van der Waals surface area contributed by atoms with Crippen molar-refractivity contribution in [3.63, 3.8) is 0 Å². The lowest BCUT2D eigenvalue weighted by Crippen LogP contribution is -2.12. The van der Waals surface area contributed by atoms with E-state index in [2.05, 4.69) is 29.1 Å². The Morgan fingerprint density at radius 1 is 1.50 bits per heavy atom. The van der Waals surface area contributed by atoms with Crippen LogP contribution >= 0.6 is 0 Å². The summed E-state index contributed by atoms with van der Waals surface area (Å²) in [4.78, 5) is 8.11. The highest BCUT2D eigenvalue weighted by atomic mass is 15.1. The minimum atomic E-state index is 0.395. The van der Waals surface area contributed by atoms with E-state index in [9.17, 15) is 0 Å². The summed E-state index contributed by atoms with van der Waals surface area (Å²) >= 11 is 0. The molecule has 0 saturated heterocycles. The van der Waals surface area contributed by atoms with Gasteiger partial charge in [-0.2, -0.15) is 0 Å². The Bertz CT molecular complexity index is 359. The minimum Gasteiger partial charge on any atom is -0.383 e. The number of nitrogens with one attached hydrogen (secondary N) is 1. The second-order valence-electron chi connectivity index (χ2n) is 4.62. The summed E-state index contributed by atoms with van der Waals surface area (Å²) in [6.07, 6.45) is 2.69. The molecule has 1 aliphatic carbocycles. The number of aromatic nitrogens is 2. The van der Waals surface area contributed by atoms with Crippen molar-refractivity contribution in [2.75, 3.05) is 11.1 Å². The molecule has 0 amide bonds. The lowest BCUT2D eigenvalue weighted by atomic mass is 10.2. The molecule has 0 spiro atoms. The van der Waals surface area contributed by atoms with Crippen LogP contribution in [-0.4, -0.2) is 16.0 Å². The summed E-state index contributed by atoms with van der Waals surface area (Å²) in [7, 11) is 0. The number of nitrogens with two attached hydrogens (primary N) is 1. The van der Waals surface area contributed by atoms with Gasteiger partial charge < -0.3 is 11.1 Å². The van der Waals surface area contributed by atoms with E-state index in [-0.39, 0.29) is 0 Å². The van der Waals surface area contributed by atoms with Crippen molar-refractivity contribution in [2.24, 2.45) is 5.41 Å². The average molecular weight is 192 g/mol. The predicted molar refractivity (Wildman–Crippen MR) is 57.0 cm³/mol. The molecule has 1 aromatic rings. The van der Waals surface area contributed by atoms with Gasteiger partial charge in [0.15, 0.2) is 0 Å². The average Bonchev–Trinajstić information content (AvgIpc) is 2.68. The zero-order valence-electron chi connectivity index (χ0n) is 8.83. The van der Waals surface area contributed by atoms with Gasteiger partial charge in [-0.25, -0.2) is 9.97 Å². The van der Waals surface area contributed by atoms with Crippen LogP contribution in [0.3, 0.4) is 0 Å². The molecule has 0 radical (unpaired) electrons. The Labute approximate surface area is 83.9 Å². The van der Waals surface area contributed by atoms with E-state index in [0.29, 0.717) is 17.3 Å². The monoisotopic (exact) mass is 192 g/mol. The number of anilines is 2. The number of hydrogen-bond donors (Lipinski definition) is 2. The molecular formula is C10H16N4. The van der Waals surface area contributed by atoms with Crippen molar-refractivity contribution in [3.05, 3.63) is 11.9 Å². The molecule has 4 heteroatoms. The van der Waals surface area contributed by atoms with Crippen LogP contribution in [0.1, 0.15) is 25.8 Å². The van der Waals surface area contributed by atoms with Gasteiger partial charge >= 0.3 is 0 Å². The molecule has 76 valence electrons. The van der Waals surface area contributed by atoms with Gasteiger partial charge in [-0.1, -0.05) is 13.8 Å². The Morgan fingerprint density at radius 2 is 2.14 bits per heavy atom. The molecule has 1 fully saturated rings. The van der Waals surface area contributed by atoms with E-state index < -0.39 is 0 Å². The van der Waals surface area contributed by atoms with Crippen LogP contribution in [0.5, 0.6) is 0 Å². The fourth-order valence-corrected chi connectivity index (χ4v) is 1.49. The summed E-state index contributed by atoms with van der Waals surface area (Å²) in [5.74, 6) is 1.43. The number of nitrogens with zero attached hydrogens (tertiary/aromatic N) is 2. The Balaban J connectivity index is 2.14. The van der Waals surface area contributed by atoms with Gasteiger partial charge in [0, 0.05) is 11.6 Å². The first-order valence-corrected chi connectivity index (χ1v) is 4.84. The van der Waals surface area contributed by atoms with Crippen LogP contribution in [0, 0.1) is 12.3 Å². The molecule has 1 aromatic heterocycles. The van der Waals surface area contributed by atoms with Crippen molar-refractivity contribution in [1.82, 2.24) is 9.97 Å². The van der Waals surface area contributed by atoms with Gasteiger partial charge in [0.1, 0.15) is 18.0 Å². The molecule has 2 rings (SSSR count). The summed E-state index contributed by atoms with van der Waals surface area (Å²) < 4.78 is 0. The lowest BCUT2D eigenvalue weighted by molar-refractivity contribution is 0.629. The first kappa shape index (κ1) is 9.24. The van der Waals surface area contributed by atoms with Crippen molar-refractivity contribution in [3.8, 4) is 0 Å². The van der Waals surface area contributed by atoms with E-state index in [1.165, 1.54) is 12.7 Å². The van der Waals surface area contributed by atoms with Gasteiger partial charge in [0.05, 0.1) is 0 Å². The van der Waals surface area contributed by atoms with E-state index >= 15 is 0 Å². The molecule has 0 aromatic carbocycles. The van der Waals surface area contributed by atoms with E-state index in [0.717, 1.165) is 11.4 Å². The molecule has 4 nitrogen and oxygen atoms in total. The summed E-state index contributed by atoms with van der Waals surface area (Å²) in [6, 6.07) is 0.524. The van der Waals surface area contributed by atoms with Gasteiger partial charge in [0.25, 0.3) is 0 Å². The van der Waals surface area contributed by atoms with E-state index in [1.807, 2.05) is 6.92 Å². The molecular weight excluding hydrogens is 176 g/mol.